The van der Waals surface area contributed by atoms with E-state index in [9.17, 15) is 5.21 Å². The maximum atomic E-state index is 9.22. The molecular formula is C17H19N3O. The summed E-state index contributed by atoms with van der Waals surface area (Å²) in [6.45, 7) is 1.95. The van der Waals surface area contributed by atoms with Crippen LogP contribution in [0.2, 0.25) is 0 Å². The number of aromatic nitrogens is 1. The highest BCUT2D eigenvalue weighted by Gasteiger charge is 2.19. The number of anilines is 1. The molecule has 0 radical (unpaired) electrons. The van der Waals surface area contributed by atoms with E-state index in [1.54, 1.807) is 0 Å². The van der Waals surface area contributed by atoms with E-state index in [4.69, 9.17) is 0 Å². The van der Waals surface area contributed by atoms with Crippen molar-refractivity contribution in [1.82, 2.24) is 4.98 Å². The van der Waals surface area contributed by atoms with Gasteiger partial charge < -0.3 is 10.1 Å². The van der Waals surface area contributed by atoms with Crippen LogP contribution in [0.25, 0.3) is 0 Å². The number of pyridine rings is 1. The molecule has 1 N–H and O–H groups in total. The SMILES string of the molecule is O/N=C1/CCCN(CCc2ccncc2)c2ccccc21. The number of hydrogen-bond acceptors (Lipinski definition) is 4. The quantitative estimate of drug-likeness (QED) is 0.694. The van der Waals surface area contributed by atoms with Crippen LogP contribution in [-0.2, 0) is 6.42 Å². The third-order valence-corrected chi connectivity index (χ3v) is 3.94. The van der Waals surface area contributed by atoms with Crippen molar-refractivity contribution in [1.29, 1.82) is 0 Å². The van der Waals surface area contributed by atoms with Crippen LogP contribution in [0.1, 0.15) is 24.0 Å². The molecule has 1 aromatic heterocycles. The van der Waals surface area contributed by atoms with Crippen molar-refractivity contribution in [3.05, 3.63) is 59.9 Å². The number of benzene rings is 1. The van der Waals surface area contributed by atoms with Crippen molar-refractivity contribution >= 4 is 11.4 Å². The molecular weight excluding hydrogens is 262 g/mol. The smallest absolute Gasteiger partial charge is 0.0889 e. The van der Waals surface area contributed by atoms with E-state index in [2.05, 4.69) is 33.2 Å². The van der Waals surface area contributed by atoms with Crippen LogP contribution < -0.4 is 4.90 Å². The summed E-state index contributed by atoms with van der Waals surface area (Å²) in [5.74, 6) is 0. The van der Waals surface area contributed by atoms with Crippen molar-refractivity contribution in [3.63, 3.8) is 0 Å². The highest BCUT2D eigenvalue weighted by atomic mass is 16.4. The van der Waals surface area contributed by atoms with Gasteiger partial charge in [-0.3, -0.25) is 4.98 Å². The van der Waals surface area contributed by atoms with E-state index >= 15 is 0 Å². The zero-order chi connectivity index (χ0) is 14.5. The number of rotatable bonds is 3. The summed E-state index contributed by atoms with van der Waals surface area (Å²) in [5, 5.41) is 12.7. The highest BCUT2D eigenvalue weighted by Crippen LogP contribution is 2.26. The van der Waals surface area contributed by atoms with Gasteiger partial charge in [-0.15, -0.1) is 0 Å². The molecule has 2 aromatic rings. The van der Waals surface area contributed by atoms with Gasteiger partial charge in [-0.1, -0.05) is 23.4 Å². The first-order valence-electron chi connectivity index (χ1n) is 7.32. The lowest BCUT2D eigenvalue weighted by Crippen LogP contribution is -2.26. The Morgan fingerprint density at radius 1 is 1.14 bits per heavy atom. The monoisotopic (exact) mass is 281 g/mol. The van der Waals surface area contributed by atoms with Gasteiger partial charge in [0.1, 0.15) is 0 Å². The van der Waals surface area contributed by atoms with Gasteiger partial charge >= 0.3 is 0 Å². The maximum absolute atomic E-state index is 9.22. The average Bonchev–Trinajstić information content (AvgIpc) is 2.73. The standard InChI is InChI=1S/C17H19N3O/c21-19-16-5-3-12-20(17-6-2-1-4-15(16)17)13-9-14-7-10-18-11-8-14/h1-2,4,6-8,10-11,21H,3,5,9,12-13H2/b19-16-. The number of oxime groups is 1. The molecule has 1 aromatic carbocycles. The van der Waals surface area contributed by atoms with Gasteiger partial charge in [0.05, 0.1) is 5.71 Å². The van der Waals surface area contributed by atoms with E-state index in [1.165, 1.54) is 5.56 Å². The van der Waals surface area contributed by atoms with Crippen molar-refractivity contribution in [3.8, 4) is 0 Å². The lowest BCUT2D eigenvalue weighted by atomic mass is 10.1. The highest BCUT2D eigenvalue weighted by molar-refractivity contribution is 6.05. The third kappa shape index (κ3) is 3.05. The lowest BCUT2D eigenvalue weighted by Gasteiger charge is -2.24. The van der Waals surface area contributed by atoms with Gasteiger partial charge in [-0.25, -0.2) is 0 Å². The molecule has 3 rings (SSSR count). The fourth-order valence-electron chi connectivity index (χ4n) is 2.84. The summed E-state index contributed by atoms with van der Waals surface area (Å²) in [5.41, 5.74) is 4.30. The van der Waals surface area contributed by atoms with Crippen LogP contribution in [0.3, 0.4) is 0 Å². The number of para-hydroxylation sites is 1. The van der Waals surface area contributed by atoms with Crippen molar-refractivity contribution < 1.29 is 5.21 Å². The molecule has 1 aliphatic heterocycles. The molecule has 0 atom stereocenters. The van der Waals surface area contributed by atoms with Crippen molar-refractivity contribution in [2.75, 3.05) is 18.0 Å². The zero-order valence-corrected chi connectivity index (χ0v) is 11.9. The Morgan fingerprint density at radius 3 is 2.76 bits per heavy atom. The minimum atomic E-state index is 0.789. The van der Waals surface area contributed by atoms with Gasteiger partial charge in [0.2, 0.25) is 0 Å². The Hall–Kier alpha value is -2.36. The molecule has 2 heterocycles. The summed E-state index contributed by atoms with van der Waals surface area (Å²) >= 11 is 0. The number of fused-ring (bicyclic) bond motifs is 1. The fourth-order valence-corrected chi connectivity index (χ4v) is 2.84. The summed E-state index contributed by atoms with van der Waals surface area (Å²) in [7, 11) is 0. The Labute approximate surface area is 124 Å². The van der Waals surface area contributed by atoms with E-state index in [1.807, 2.05) is 30.6 Å². The van der Waals surface area contributed by atoms with Crippen LogP contribution in [-0.4, -0.2) is 29.0 Å². The molecule has 21 heavy (non-hydrogen) atoms. The Morgan fingerprint density at radius 2 is 1.95 bits per heavy atom. The van der Waals surface area contributed by atoms with E-state index in [-0.39, 0.29) is 0 Å². The van der Waals surface area contributed by atoms with Crippen LogP contribution in [0.4, 0.5) is 5.69 Å². The number of nitrogens with zero attached hydrogens (tertiary/aromatic N) is 3. The lowest BCUT2D eigenvalue weighted by molar-refractivity contribution is 0.318. The normalized spacial score (nSPS) is 16.6. The van der Waals surface area contributed by atoms with Crippen LogP contribution >= 0.6 is 0 Å². The molecule has 0 aliphatic carbocycles. The molecule has 4 heteroatoms. The second-order valence-electron chi connectivity index (χ2n) is 5.26. The Balaban J connectivity index is 1.82. The van der Waals surface area contributed by atoms with Crippen LogP contribution in [0, 0.1) is 0 Å². The predicted octanol–water partition coefficient (Wildman–Crippen LogP) is 3.10. The second-order valence-corrected chi connectivity index (χ2v) is 5.26. The zero-order valence-electron chi connectivity index (χ0n) is 11.9. The number of hydrogen-bond donors (Lipinski definition) is 1. The fraction of sp³-hybridized carbons (Fsp3) is 0.294. The largest absolute Gasteiger partial charge is 0.411 e. The molecule has 4 nitrogen and oxygen atoms in total. The van der Waals surface area contributed by atoms with Crippen LogP contribution in [0.5, 0.6) is 0 Å². The molecule has 0 bridgehead atoms. The molecule has 0 saturated carbocycles. The van der Waals surface area contributed by atoms with Gasteiger partial charge in [0.15, 0.2) is 0 Å². The van der Waals surface area contributed by atoms with Gasteiger partial charge in [0, 0.05) is 36.7 Å². The molecule has 1 aliphatic rings. The summed E-state index contributed by atoms with van der Waals surface area (Å²) in [6, 6.07) is 12.3. The molecule has 0 spiro atoms. The second kappa shape index (κ2) is 6.39. The molecule has 0 amide bonds. The minimum Gasteiger partial charge on any atom is -0.411 e. The van der Waals surface area contributed by atoms with E-state index in [0.29, 0.717) is 0 Å². The summed E-state index contributed by atoms with van der Waals surface area (Å²) in [6.07, 6.45) is 6.48. The maximum Gasteiger partial charge on any atom is 0.0889 e. The Bertz CT molecular complexity index is 625. The average molecular weight is 281 g/mol. The van der Waals surface area contributed by atoms with Crippen molar-refractivity contribution in [2.24, 2.45) is 5.16 Å². The first-order chi connectivity index (χ1) is 10.4. The van der Waals surface area contributed by atoms with Crippen LogP contribution in [0.15, 0.2) is 53.9 Å². The third-order valence-electron chi connectivity index (χ3n) is 3.94. The van der Waals surface area contributed by atoms with Gasteiger partial charge in [-0.05, 0) is 43.0 Å². The predicted molar refractivity (Wildman–Crippen MR) is 84.2 cm³/mol. The van der Waals surface area contributed by atoms with Gasteiger partial charge in [0.25, 0.3) is 0 Å². The molecule has 0 unspecified atom stereocenters. The summed E-state index contributed by atoms with van der Waals surface area (Å²) in [4.78, 5) is 6.44. The molecule has 0 fully saturated rings. The molecule has 108 valence electrons. The van der Waals surface area contributed by atoms with Crippen molar-refractivity contribution in [2.45, 2.75) is 19.3 Å². The van der Waals surface area contributed by atoms with Gasteiger partial charge in [-0.2, -0.15) is 0 Å². The summed E-state index contributed by atoms with van der Waals surface area (Å²) < 4.78 is 0. The molecule has 0 saturated heterocycles. The minimum absolute atomic E-state index is 0.789. The first kappa shape index (κ1) is 13.6. The van der Waals surface area contributed by atoms with E-state index in [0.717, 1.165) is 49.3 Å². The Kier molecular flexibility index (Phi) is 4.15. The topological polar surface area (TPSA) is 48.7 Å². The first-order valence-corrected chi connectivity index (χ1v) is 7.32. The van der Waals surface area contributed by atoms with E-state index < -0.39 is 0 Å².